The van der Waals surface area contributed by atoms with Crippen LogP contribution in [0.25, 0.3) is 0 Å². The Labute approximate surface area is 117 Å². The molecule has 0 aliphatic rings. The number of amides is 1. The highest BCUT2D eigenvalue weighted by atomic mass is 16.4. The highest BCUT2D eigenvalue weighted by molar-refractivity contribution is 5.97. The largest absolute Gasteiger partial charge is 0.508 e. The number of carboxylic acids is 1. The van der Waals surface area contributed by atoms with Gasteiger partial charge in [-0.15, -0.1) is 0 Å². The van der Waals surface area contributed by atoms with Crippen molar-refractivity contribution in [1.29, 1.82) is 0 Å². The molecule has 1 rings (SSSR count). The molecule has 0 aliphatic carbocycles. The Morgan fingerprint density at radius 1 is 1.25 bits per heavy atom. The van der Waals surface area contributed by atoms with Crippen LogP contribution in [0.4, 0.5) is 0 Å². The number of aromatic hydroxyl groups is 2. The van der Waals surface area contributed by atoms with Crippen LogP contribution in [0.15, 0.2) is 18.2 Å². The van der Waals surface area contributed by atoms with E-state index < -0.39 is 23.3 Å². The maximum Gasteiger partial charge on any atom is 0.305 e. The van der Waals surface area contributed by atoms with E-state index in [1.54, 1.807) is 0 Å². The number of aliphatic carboxylic acids is 1. The molecule has 1 aromatic rings. The summed E-state index contributed by atoms with van der Waals surface area (Å²) in [6, 6.07) is 2.98. The summed E-state index contributed by atoms with van der Waals surface area (Å²) in [6.07, 6.45) is -0.227. The maximum atomic E-state index is 12.1. The third-order valence-electron chi connectivity index (χ3n) is 2.95. The van der Waals surface area contributed by atoms with E-state index in [4.69, 9.17) is 5.11 Å². The van der Waals surface area contributed by atoms with Gasteiger partial charge in [-0.05, 0) is 23.6 Å². The smallest absolute Gasteiger partial charge is 0.305 e. The first-order chi connectivity index (χ1) is 9.11. The molecule has 0 aromatic heterocycles. The van der Waals surface area contributed by atoms with Crippen LogP contribution in [0.1, 0.15) is 37.6 Å². The highest BCUT2D eigenvalue weighted by Gasteiger charge is 2.29. The van der Waals surface area contributed by atoms with Gasteiger partial charge in [-0.25, -0.2) is 0 Å². The van der Waals surface area contributed by atoms with E-state index in [1.807, 2.05) is 20.8 Å². The predicted octanol–water partition coefficient (Wildman–Crippen LogP) is 1.72. The van der Waals surface area contributed by atoms with Gasteiger partial charge in [-0.1, -0.05) is 20.8 Å². The average Bonchev–Trinajstić information content (AvgIpc) is 2.29. The minimum Gasteiger partial charge on any atom is -0.508 e. The van der Waals surface area contributed by atoms with Crippen LogP contribution in [0.2, 0.25) is 0 Å². The molecule has 0 radical (unpaired) electrons. The maximum absolute atomic E-state index is 12.1. The average molecular weight is 281 g/mol. The molecule has 0 fully saturated rings. The minimum absolute atomic E-state index is 0.0929. The zero-order valence-corrected chi connectivity index (χ0v) is 11.7. The third kappa shape index (κ3) is 4.15. The Bertz CT molecular complexity index is 519. The van der Waals surface area contributed by atoms with Crippen molar-refractivity contribution < 1.29 is 24.9 Å². The van der Waals surface area contributed by atoms with Gasteiger partial charge in [0.1, 0.15) is 11.5 Å². The Balaban J connectivity index is 2.96. The summed E-state index contributed by atoms with van der Waals surface area (Å²) in [6.45, 7) is 5.43. The van der Waals surface area contributed by atoms with Crippen molar-refractivity contribution in [3.05, 3.63) is 23.8 Å². The number of phenolic OH excluding ortho intramolecular Hbond substituents is 2. The van der Waals surface area contributed by atoms with Crippen molar-refractivity contribution in [2.45, 2.75) is 33.2 Å². The first kappa shape index (κ1) is 15.8. The van der Waals surface area contributed by atoms with Gasteiger partial charge < -0.3 is 20.6 Å². The molecule has 1 atom stereocenters. The number of carbonyl (C=O) groups is 2. The number of hydrogen-bond donors (Lipinski definition) is 4. The van der Waals surface area contributed by atoms with Crippen LogP contribution < -0.4 is 5.32 Å². The lowest BCUT2D eigenvalue weighted by molar-refractivity contribution is -0.138. The molecule has 4 N–H and O–H groups in total. The summed E-state index contributed by atoms with van der Waals surface area (Å²) < 4.78 is 0. The number of carboxylic acid groups (broad SMARTS) is 1. The second kappa shape index (κ2) is 5.81. The SMILES string of the molecule is CC(C)(C)C(CC(=O)O)NC(=O)c1cc(O)ccc1O. The summed E-state index contributed by atoms with van der Waals surface area (Å²) in [5.74, 6) is -2.08. The van der Waals surface area contributed by atoms with Crippen LogP contribution in [0, 0.1) is 5.41 Å². The van der Waals surface area contributed by atoms with Gasteiger partial charge in [0, 0.05) is 6.04 Å². The topological polar surface area (TPSA) is 107 Å². The van der Waals surface area contributed by atoms with E-state index in [-0.39, 0.29) is 23.5 Å². The van der Waals surface area contributed by atoms with Crippen LogP contribution >= 0.6 is 0 Å². The van der Waals surface area contributed by atoms with Crippen molar-refractivity contribution in [3.8, 4) is 11.5 Å². The van der Waals surface area contributed by atoms with Gasteiger partial charge in [0.15, 0.2) is 0 Å². The molecule has 110 valence electrons. The molecule has 0 bridgehead atoms. The summed E-state index contributed by atoms with van der Waals surface area (Å²) in [5.41, 5.74) is -0.551. The summed E-state index contributed by atoms with van der Waals surface area (Å²) >= 11 is 0. The van der Waals surface area contributed by atoms with Crippen molar-refractivity contribution in [3.63, 3.8) is 0 Å². The van der Waals surface area contributed by atoms with Crippen LogP contribution in [-0.4, -0.2) is 33.2 Å². The van der Waals surface area contributed by atoms with Gasteiger partial charge in [0.05, 0.1) is 12.0 Å². The second-order valence-corrected chi connectivity index (χ2v) is 5.69. The molecular formula is C14H19NO5. The van der Waals surface area contributed by atoms with E-state index >= 15 is 0 Å². The van der Waals surface area contributed by atoms with Gasteiger partial charge in [0.25, 0.3) is 5.91 Å². The van der Waals surface area contributed by atoms with Crippen LogP contribution in [0.5, 0.6) is 11.5 Å². The van der Waals surface area contributed by atoms with Crippen molar-refractivity contribution in [2.75, 3.05) is 0 Å². The molecule has 0 saturated carbocycles. The number of phenols is 2. The van der Waals surface area contributed by atoms with Crippen molar-refractivity contribution in [2.24, 2.45) is 5.41 Å². The predicted molar refractivity (Wildman–Crippen MR) is 72.7 cm³/mol. The molecular weight excluding hydrogens is 262 g/mol. The van der Waals surface area contributed by atoms with E-state index in [0.29, 0.717) is 0 Å². The lowest BCUT2D eigenvalue weighted by Gasteiger charge is -2.30. The number of hydrogen-bond acceptors (Lipinski definition) is 4. The fourth-order valence-electron chi connectivity index (χ4n) is 1.69. The molecule has 0 aliphatic heterocycles. The quantitative estimate of drug-likeness (QED) is 0.629. The lowest BCUT2D eigenvalue weighted by Crippen LogP contribution is -2.45. The van der Waals surface area contributed by atoms with E-state index in [1.165, 1.54) is 12.1 Å². The Morgan fingerprint density at radius 3 is 2.35 bits per heavy atom. The van der Waals surface area contributed by atoms with Crippen LogP contribution in [-0.2, 0) is 4.79 Å². The van der Waals surface area contributed by atoms with E-state index in [0.717, 1.165) is 6.07 Å². The molecule has 0 spiro atoms. The summed E-state index contributed by atoms with van der Waals surface area (Å²) in [4.78, 5) is 22.9. The first-order valence-electron chi connectivity index (χ1n) is 6.16. The lowest BCUT2D eigenvalue weighted by atomic mass is 9.84. The Morgan fingerprint density at radius 2 is 1.85 bits per heavy atom. The molecule has 0 heterocycles. The summed E-state index contributed by atoms with van der Waals surface area (Å²) in [5, 5.41) is 30.4. The summed E-state index contributed by atoms with van der Waals surface area (Å²) in [7, 11) is 0. The Hall–Kier alpha value is -2.24. The normalized spacial score (nSPS) is 12.8. The van der Waals surface area contributed by atoms with Gasteiger partial charge in [-0.2, -0.15) is 0 Å². The molecule has 6 heteroatoms. The number of rotatable bonds is 4. The highest BCUT2D eigenvalue weighted by Crippen LogP contribution is 2.25. The third-order valence-corrected chi connectivity index (χ3v) is 2.95. The van der Waals surface area contributed by atoms with Gasteiger partial charge >= 0.3 is 5.97 Å². The molecule has 1 unspecified atom stereocenters. The monoisotopic (exact) mass is 281 g/mol. The fraction of sp³-hybridized carbons (Fsp3) is 0.429. The number of benzene rings is 1. The Kier molecular flexibility index (Phi) is 4.60. The molecule has 6 nitrogen and oxygen atoms in total. The van der Waals surface area contributed by atoms with Gasteiger partial charge in [-0.3, -0.25) is 9.59 Å². The molecule has 1 amide bonds. The minimum atomic E-state index is -1.02. The second-order valence-electron chi connectivity index (χ2n) is 5.69. The van der Waals surface area contributed by atoms with Crippen molar-refractivity contribution >= 4 is 11.9 Å². The zero-order valence-electron chi connectivity index (χ0n) is 11.7. The number of carbonyl (C=O) groups excluding carboxylic acids is 1. The first-order valence-corrected chi connectivity index (χ1v) is 6.16. The van der Waals surface area contributed by atoms with Crippen LogP contribution in [0.3, 0.4) is 0 Å². The fourth-order valence-corrected chi connectivity index (χ4v) is 1.69. The van der Waals surface area contributed by atoms with Crippen molar-refractivity contribution in [1.82, 2.24) is 5.32 Å². The molecule has 0 saturated heterocycles. The van der Waals surface area contributed by atoms with Gasteiger partial charge in [0.2, 0.25) is 0 Å². The number of nitrogens with one attached hydrogen (secondary N) is 1. The standard InChI is InChI=1S/C14H19NO5/c1-14(2,3)11(7-12(18)19)15-13(20)9-6-8(16)4-5-10(9)17/h4-6,11,16-17H,7H2,1-3H3,(H,15,20)(H,18,19). The molecule has 20 heavy (non-hydrogen) atoms. The zero-order chi connectivity index (χ0) is 15.5. The van der Waals surface area contributed by atoms with E-state index in [2.05, 4.69) is 5.32 Å². The van der Waals surface area contributed by atoms with E-state index in [9.17, 15) is 19.8 Å². The molecule has 1 aromatic carbocycles.